The maximum atomic E-state index is 8.66. The highest BCUT2D eigenvalue weighted by Crippen LogP contribution is 2.07. The molecule has 0 heterocycles. The van der Waals surface area contributed by atoms with Crippen molar-refractivity contribution in [2.75, 3.05) is 0 Å². The summed E-state index contributed by atoms with van der Waals surface area (Å²) in [5, 5.41) is 8.66. The Bertz CT molecular complexity index is 151. The van der Waals surface area contributed by atoms with E-state index in [-0.39, 0.29) is 0 Å². The van der Waals surface area contributed by atoms with Crippen LogP contribution < -0.4 is 0 Å². The average Bonchev–Trinajstić information content (AvgIpc) is 2.05. The predicted octanol–water partition coefficient (Wildman–Crippen LogP) is 3.43. The van der Waals surface area contributed by atoms with E-state index in [1.54, 1.807) is 0 Å². The first kappa shape index (κ1) is 10.2. The molecule has 0 atom stereocenters. The summed E-state index contributed by atoms with van der Waals surface area (Å²) < 4.78 is 0. The van der Waals surface area contributed by atoms with Crippen LogP contribution in [0.4, 0.5) is 0 Å². The molecule has 0 aliphatic heterocycles. The van der Waals surface area contributed by atoms with Crippen molar-refractivity contribution in [3.8, 4) is 6.07 Å². The second-order valence-electron chi connectivity index (χ2n) is 2.73. The van der Waals surface area contributed by atoms with Crippen LogP contribution in [0.25, 0.3) is 0 Å². The van der Waals surface area contributed by atoms with Crippen molar-refractivity contribution in [2.24, 2.45) is 0 Å². The quantitative estimate of drug-likeness (QED) is 0.552. The number of nitrogens with zero attached hydrogens (tertiary/aromatic N) is 1. The Morgan fingerprint density at radius 3 is 2.55 bits per heavy atom. The van der Waals surface area contributed by atoms with Gasteiger partial charge in [0, 0.05) is 5.57 Å². The van der Waals surface area contributed by atoms with Gasteiger partial charge in [-0.25, -0.2) is 0 Å². The highest BCUT2D eigenvalue weighted by Gasteiger charge is 1.92. The van der Waals surface area contributed by atoms with Gasteiger partial charge in [-0.3, -0.25) is 0 Å². The van der Waals surface area contributed by atoms with Gasteiger partial charge in [-0.2, -0.15) is 5.26 Å². The minimum Gasteiger partial charge on any atom is -0.193 e. The van der Waals surface area contributed by atoms with Crippen LogP contribution in [0.5, 0.6) is 0 Å². The second-order valence-corrected chi connectivity index (χ2v) is 2.73. The van der Waals surface area contributed by atoms with E-state index in [9.17, 15) is 0 Å². The molecule has 1 heteroatoms. The molecule has 0 N–H and O–H groups in total. The summed E-state index contributed by atoms with van der Waals surface area (Å²) in [5.74, 6) is 0. The molecular weight excluding hydrogens is 134 g/mol. The van der Waals surface area contributed by atoms with E-state index < -0.39 is 0 Å². The molecule has 0 spiro atoms. The molecule has 0 saturated heterocycles. The number of hydrogen-bond acceptors (Lipinski definition) is 1. The Balaban J connectivity index is 3.67. The van der Waals surface area contributed by atoms with Gasteiger partial charge in [0.25, 0.3) is 0 Å². The van der Waals surface area contributed by atoms with Gasteiger partial charge in [-0.05, 0) is 19.3 Å². The summed E-state index contributed by atoms with van der Waals surface area (Å²) in [6.45, 7) is 4.28. The molecule has 0 unspecified atom stereocenters. The van der Waals surface area contributed by atoms with Crippen LogP contribution in [0.15, 0.2) is 11.6 Å². The SMILES string of the molecule is CCCC=C(C#N)CCCC. The highest BCUT2D eigenvalue weighted by atomic mass is 14.2. The van der Waals surface area contributed by atoms with Crippen molar-refractivity contribution < 1.29 is 0 Å². The summed E-state index contributed by atoms with van der Waals surface area (Å²) in [4.78, 5) is 0. The van der Waals surface area contributed by atoms with Gasteiger partial charge in [0.15, 0.2) is 0 Å². The van der Waals surface area contributed by atoms with Crippen LogP contribution in [0, 0.1) is 11.3 Å². The molecule has 1 nitrogen and oxygen atoms in total. The van der Waals surface area contributed by atoms with Crippen LogP contribution in [-0.4, -0.2) is 0 Å². The standard InChI is InChI=1S/C10H17N/c1-3-5-7-10(9-11)8-6-4-2/h7H,3-6,8H2,1-2H3. The van der Waals surface area contributed by atoms with Crippen LogP contribution in [0.3, 0.4) is 0 Å². The summed E-state index contributed by atoms with van der Waals surface area (Å²) >= 11 is 0. The number of nitriles is 1. The summed E-state index contributed by atoms with van der Waals surface area (Å²) in [7, 11) is 0. The van der Waals surface area contributed by atoms with Gasteiger partial charge in [0.05, 0.1) is 6.07 Å². The third kappa shape index (κ3) is 5.66. The van der Waals surface area contributed by atoms with Crippen molar-refractivity contribution in [1.29, 1.82) is 5.26 Å². The Morgan fingerprint density at radius 2 is 2.09 bits per heavy atom. The molecule has 0 aliphatic carbocycles. The molecule has 0 rings (SSSR count). The van der Waals surface area contributed by atoms with Crippen molar-refractivity contribution in [3.05, 3.63) is 11.6 Å². The summed E-state index contributed by atoms with van der Waals surface area (Å²) in [6, 6.07) is 2.23. The Hall–Kier alpha value is -0.770. The lowest BCUT2D eigenvalue weighted by atomic mass is 10.1. The van der Waals surface area contributed by atoms with E-state index in [1.807, 2.05) is 0 Å². The van der Waals surface area contributed by atoms with E-state index in [4.69, 9.17) is 5.26 Å². The number of hydrogen-bond donors (Lipinski definition) is 0. The van der Waals surface area contributed by atoms with Crippen molar-refractivity contribution in [1.82, 2.24) is 0 Å². The number of allylic oxidation sites excluding steroid dienone is 2. The number of rotatable bonds is 5. The van der Waals surface area contributed by atoms with Gasteiger partial charge in [-0.15, -0.1) is 0 Å². The molecule has 11 heavy (non-hydrogen) atoms. The Morgan fingerprint density at radius 1 is 1.36 bits per heavy atom. The number of unbranched alkanes of at least 4 members (excludes halogenated alkanes) is 2. The van der Waals surface area contributed by atoms with Crippen LogP contribution >= 0.6 is 0 Å². The minimum absolute atomic E-state index is 0.965. The lowest BCUT2D eigenvalue weighted by Crippen LogP contribution is -1.79. The van der Waals surface area contributed by atoms with E-state index >= 15 is 0 Å². The molecule has 0 bridgehead atoms. The topological polar surface area (TPSA) is 23.8 Å². The zero-order valence-electron chi connectivity index (χ0n) is 7.56. The fourth-order valence-electron chi connectivity index (χ4n) is 0.889. The average molecular weight is 151 g/mol. The third-order valence-corrected chi connectivity index (χ3v) is 1.62. The largest absolute Gasteiger partial charge is 0.193 e. The zero-order valence-corrected chi connectivity index (χ0v) is 7.56. The Kier molecular flexibility index (Phi) is 6.82. The first-order valence-electron chi connectivity index (χ1n) is 4.44. The van der Waals surface area contributed by atoms with Crippen LogP contribution in [-0.2, 0) is 0 Å². The molecule has 0 aromatic carbocycles. The molecule has 0 aromatic rings. The summed E-state index contributed by atoms with van der Waals surface area (Å²) in [6.07, 6.45) is 7.53. The molecule has 0 saturated carbocycles. The molecule has 0 fully saturated rings. The second kappa shape index (κ2) is 7.34. The predicted molar refractivity (Wildman–Crippen MR) is 48.1 cm³/mol. The van der Waals surface area contributed by atoms with Gasteiger partial charge >= 0.3 is 0 Å². The van der Waals surface area contributed by atoms with Gasteiger partial charge in [-0.1, -0.05) is 32.8 Å². The van der Waals surface area contributed by atoms with E-state index in [0.717, 1.165) is 31.3 Å². The smallest absolute Gasteiger partial charge is 0.0943 e. The lowest BCUT2D eigenvalue weighted by molar-refractivity contribution is 0.793. The molecule has 0 aromatic heterocycles. The Labute approximate surface area is 69.7 Å². The molecular formula is C10H17N. The maximum absolute atomic E-state index is 8.66. The highest BCUT2D eigenvalue weighted by molar-refractivity contribution is 5.19. The van der Waals surface area contributed by atoms with Gasteiger partial charge in [0.1, 0.15) is 0 Å². The van der Waals surface area contributed by atoms with Gasteiger partial charge in [0.2, 0.25) is 0 Å². The van der Waals surface area contributed by atoms with E-state index in [0.29, 0.717) is 0 Å². The molecule has 0 amide bonds. The van der Waals surface area contributed by atoms with Crippen molar-refractivity contribution in [3.63, 3.8) is 0 Å². The third-order valence-electron chi connectivity index (χ3n) is 1.62. The minimum atomic E-state index is 0.965. The van der Waals surface area contributed by atoms with Crippen molar-refractivity contribution in [2.45, 2.75) is 46.0 Å². The summed E-state index contributed by atoms with van der Waals surface area (Å²) in [5.41, 5.74) is 0.966. The molecule has 0 radical (unpaired) electrons. The fourth-order valence-corrected chi connectivity index (χ4v) is 0.889. The maximum Gasteiger partial charge on any atom is 0.0943 e. The van der Waals surface area contributed by atoms with Crippen LogP contribution in [0.2, 0.25) is 0 Å². The van der Waals surface area contributed by atoms with E-state index in [1.165, 1.54) is 6.42 Å². The molecule has 62 valence electrons. The van der Waals surface area contributed by atoms with Crippen LogP contribution in [0.1, 0.15) is 46.0 Å². The van der Waals surface area contributed by atoms with Crippen molar-refractivity contribution >= 4 is 0 Å². The molecule has 0 aliphatic rings. The fraction of sp³-hybridized carbons (Fsp3) is 0.700. The van der Waals surface area contributed by atoms with Gasteiger partial charge < -0.3 is 0 Å². The zero-order chi connectivity index (χ0) is 8.53. The monoisotopic (exact) mass is 151 g/mol. The first-order chi connectivity index (χ1) is 5.35. The lowest BCUT2D eigenvalue weighted by Gasteiger charge is -1.94. The normalized spacial score (nSPS) is 11.2. The first-order valence-corrected chi connectivity index (χ1v) is 4.44. The van der Waals surface area contributed by atoms with E-state index in [2.05, 4.69) is 26.0 Å².